The fourth-order valence-corrected chi connectivity index (χ4v) is 7.50. The molecule has 0 spiro atoms. The Bertz CT molecular complexity index is 2150. The molecule has 50 heavy (non-hydrogen) atoms. The first-order valence-corrected chi connectivity index (χ1v) is 19.5. The first-order chi connectivity index (χ1) is 23.7. The van der Waals surface area contributed by atoms with E-state index < -0.39 is 25.7 Å². The van der Waals surface area contributed by atoms with E-state index in [1.807, 2.05) is 0 Å². The van der Waals surface area contributed by atoms with Gasteiger partial charge in [-0.1, -0.05) is 12.2 Å². The Morgan fingerprint density at radius 3 is 1.18 bits per heavy atom. The number of thiol groups is 2. The van der Waals surface area contributed by atoms with Crippen molar-refractivity contribution in [2.45, 2.75) is 16.7 Å². The molecule has 6 aromatic rings. The summed E-state index contributed by atoms with van der Waals surface area (Å²) in [7, 11) is 0. The molecule has 0 fully saturated rings. The number of nitro groups is 4. The van der Waals surface area contributed by atoms with Gasteiger partial charge < -0.3 is 5.11 Å². The zero-order valence-corrected chi connectivity index (χ0v) is 31.6. The second-order valence-electron chi connectivity index (χ2n) is 9.59. The lowest BCUT2D eigenvalue weighted by atomic mass is 10.1. The molecule has 20 heteroatoms. The fourth-order valence-electron chi connectivity index (χ4n) is 4.21. The van der Waals surface area contributed by atoms with Crippen LogP contribution in [0.4, 0.5) is 22.7 Å². The van der Waals surface area contributed by atoms with E-state index in [1.165, 1.54) is 59.1 Å². The van der Waals surface area contributed by atoms with Crippen LogP contribution in [0.5, 0.6) is 0 Å². The van der Waals surface area contributed by atoms with Gasteiger partial charge in [-0.2, -0.15) is 0 Å². The van der Waals surface area contributed by atoms with Crippen LogP contribution in [0.1, 0.15) is 18.1 Å². The molecule has 0 amide bonds. The summed E-state index contributed by atoms with van der Waals surface area (Å²) in [6, 6.07) is 18.3. The van der Waals surface area contributed by atoms with E-state index in [2.05, 4.69) is 53.5 Å². The predicted octanol–water partition coefficient (Wildman–Crippen LogP) is 11.1. The predicted molar refractivity (Wildman–Crippen MR) is 209 cm³/mol. The molecule has 6 rings (SSSR count). The van der Waals surface area contributed by atoms with Crippen molar-refractivity contribution in [1.82, 2.24) is 0 Å². The number of hydrogen-bond donors (Lipinski definition) is 3. The average Bonchev–Trinajstić information content (AvgIpc) is 3.60. The highest BCUT2D eigenvalue weighted by atomic mass is 80.9. The number of benzene rings is 4. The van der Waals surface area contributed by atoms with Crippen LogP contribution >= 0.6 is 76.2 Å². The normalized spacial score (nSPS) is 10.4. The Morgan fingerprint density at radius 2 is 0.900 bits per heavy atom. The van der Waals surface area contributed by atoms with E-state index in [4.69, 9.17) is 9.90 Å². The number of halogens is 2. The third-order valence-electron chi connectivity index (χ3n) is 6.36. The quantitative estimate of drug-likeness (QED) is 0.0623. The van der Waals surface area contributed by atoms with Crippen LogP contribution in [0.2, 0.25) is 0 Å². The topological polar surface area (TPSA) is 210 Å². The molecule has 0 aliphatic carbocycles. The minimum absolute atomic E-state index is 0.0348. The Kier molecular flexibility index (Phi) is 14.4. The molecule has 2 aromatic heterocycles. The highest BCUT2D eigenvalue weighted by Crippen LogP contribution is 2.45. The summed E-state index contributed by atoms with van der Waals surface area (Å²) >= 11 is 16.9. The monoisotopic (exact) mass is 882 g/mol. The number of hydrogen-bond acceptors (Lipinski definition) is 13. The highest BCUT2D eigenvalue weighted by Gasteiger charge is 2.17. The largest absolute Gasteiger partial charge is 0.481 e. The van der Waals surface area contributed by atoms with E-state index in [0.29, 0.717) is 20.9 Å². The number of nitrogens with zero attached hydrogens (tertiary/aromatic N) is 4. The summed E-state index contributed by atoms with van der Waals surface area (Å²) in [6.07, 6.45) is 3.43. The number of non-ortho nitro benzene ring substituents is 4. The molecule has 1 N–H and O–H groups in total. The molecular weight excluding hydrogens is 864 g/mol. The smallest absolute Gasteiger partial charge is 0.300 e. The van der Waals surface area contributed by atoms with Gasteiger partial charge in [0.15, 0.2) is 0 Å². The molecule has 0 saturated carbocycles. The van der Waals surface area contributed by atoms with Crippen molar-refractivity contribution < 1.29 is 29.6 Å². The number of rotatable bonds is 6. The third kappa shape index (κ3) is 10.0. The van der Waals surface area contributed by atoms with Crippen LogP contribution in [0.15, 0.2) is 82.6 Å². The van der Waals surface area contributed by atoms with E-state index in [9.17, 15) is 40.5 Å². The number of carboxylic acid groups (broad SMARTS) is 1. The zero-order chi connectivity index (χ0) is 37.3. The van der Waals surface area contributed by atoms with Crippen LogP contribution in [0.25, 0.3) is 41.7 Å². The average molecular weight is 885 g/mol. The second-order valence-corrected chi connectivity index (χ2v) is 12.7. The number of thiophene rings is 2. The maximum atomic E-state index is 10.9. The molecule has 0 unspecified atom stereocenters. The van der Waals surface area contributed by atoms with Crippen LogP contribution < -0.4 is 0 Å². The summed E-state index contributed by atoms with van der Waals surface area (Å²) in [5.74, 6) is -0.833. The minimum atomic E-state index is -0.833. The van der Waals surface area contributed by atoms with Gasteiger partial charge in [0.25, 0.3) is 28.7 Å². The van der Waals surface area contributed by atoms with E-state index in [-0.39, 0.29) is 22.7 Å². The standard InChI is InChI=1S/C14H6N2O4S2.C14H10N2O4S2.C2H4O2.Br2/c17-15(18)7-1-3-9-11(5-7)21-14-10-4-2-8(16(19)20)6-12(10)22-13(9)14;17-15(18)11-5-3-9(13(21)7-11)1-2-10-4-6-12(16(19)20)8-14(10)22;1-2(3)4;1-2/h1-6H;1-8,21-22H;1H3,(H,3,4);/b;2-1+;;. The Morgan fingerprint density at radius 1 is 0.620 bits per heavy atom. The molecule has 258 valence electrons. The second kappa shape index (κ2) is 18.0. The van der Waals surface area contributed by atoms with E-state index in [0.717, 1.165) is 36.5 Å². The molecular formula is C30H20Br2N4O10S4. The maximum absolute atomic E-state index is 10.9. The van der Waals surface area contributed by atoms with E-state index >= 15 is 0 Å². The molecule has 0 bridgehead atoms. The summed E-state index contributed by atoms with van der Waals surface area (Å²) in [4.78, 5) is 51.2. The van der Waals surface area contributed by atoms with E-state index in [1.54, 1.807) is 48.6 Å². The zero-order valence-electron chi connectivity index (χ0n) is 25.0. The molecule has 2 heterocycles. The Balaban J connectivity index is 0.000000234. The SMILES string of the molecule is BrBr.CC(=O)O.O=[N+]([O-])c1ccc(/C=C/c2ccc([N+](=O)[O-])cc2S)c(S)c1.O=[N+]([O-])c1ccc2c(c1)sc1c3ccc([N+](=O)[O-])cc3sc21. The maximum Gasteiger partial charge on any atom is 0.300 e. The molecule has 0 saturated heterocycles. The number of aliphatic carboxylic acids is 1. The fraction of sp³-hybridized carbons (Fsp3) is 0.0333. The van der Waals surface area contributed by atoms with Crippen molar-refractivity contribution in [3.63, 3.8) is 0 Å². The van der Waals surface area contributed by atoms with Crippen LogP contribution in [-0.4, -0.2) is 30.8 Å². The van der Waals surface area contributed by atoms with Gasteiger partial charge in [-0.25, -0.2) is 0 Å². The highest BCUT2D eigenvalue weighted by molar-refractivity contribution is 9.93. The van der Waals surface area contributed by atoms with Crippen molar-refractivity contribution >= 4 is 147 Å². The number of nitro benzene ring substituents is 4. The number of fused-ring (bicyclic) bond motifs is 5. The van der Waals surface area contributed by atoms with Gasteiger partial charge in [0.05, 0.1) is 29.1 Å². The molecule has 0 aliphatic heterocycles. The molecule has 0 atom stereocenters. The van der Waals surface area contributed by atoms with Crippen molar-refractivity contribution in [2.75, 3.05) is 0 Å². The lowest BCUT2D eigenvalue weighted by Crippen LogP contribution is -1.89. The molecule has 4 aromatic carbocycles. The van der Waals surface area contributed by atoms with Crippen molar-refractivity contribution in [2.24, 2.45) is 0 Å². The summed E-state index contributed by atoms with van der Waals surface area (Å²) in [6.45, 7) is 1.08. The molecule has 0 aliphatic rings. The van der Waals surface area contributed by atoms with Gasteiger partial charge in [0.1, 0.15) is 0 Å². The van der Waals surface area contributed by atoms with Gasteiger partial charge in [-0.05, 0) is 35.4 Å². The summed E-state index contributed by atoms with van der Waals surface area (Å²) < 4.78 is 3.75. The van der Waals surface area contributed by atoms with Crippen LogP contribution in [0, 0.1) is 40.5 Å². The third-order valence-corrected chi connectivity index (χ3v) is 9.64. The lowest BCUT2D eigenvalue weighted by molar-refractivity contribution is -0.385. The molecule has 14 nitrogen and oxygen atoms in total. The Labute approximate surface area is 315 Å². The van der Waals surface area contributed by atoms with Crippen LogP contribution in [-0.2, 0) is 4.79 Å². The number of carboxylic acids is 1. The van der Waals surface area contributed by atoms with Gasteiger partial charge in [0, 0.05) is 114 Å². The number of carbonyl (C=O) groups is 1. The first-order valence-electron chi connectivity index (χ1n) is 13.3. The molecule has 0 radical (unpaired) electrons. The minimum Gasteiger partial charge on any atom is -0.481 e. The van der Waals surface area contributed by atoms with Gasteiger partial charge >= 0.3 is 0 Å². The van der Waals surface area contributed by atoms with Crippen molar-refractivity contribution in [3.05, 3.63) is 124 Å². The van der Waals surface area contributed by atoms with Gasteiger partial charge in [-0.3, -0.25) is 45.3 Å². The lowest BCUT2D eigenvalue weighted by Gasteiger charge is -2.01. The Hall–Kier alpha value is -4.47. The van der Waals surface area contributed by atoms with Gasteiger partial charge in [0.2, 0.25) is 0 Å². The van der Waals surface area contributed by atoms with Crippen molar-refractivity contribution in [1.29, 1.82) is 0 Å². The van der Waals surface area contributed by atoms with Crippen LogP contribution in [0.3, 0.4) is 0 Å². The first kappa shape index (κ1) is 40.0. The summed E-state index contributed by atoms with van der Waals surface area (Å²) in [5, 5.41) is 52.4. The summed E-state index contributed by atoms with van der Waals surface area (Å²) in [5.41, 5.74) is 1.46. The van der Waals surface area contributed by atoms with Crippen molar-refractivity contribution in [3.8, 4) is 0 Å². The van der Waals surface area contributed by atoms with Gasteiger partial charge in [-0.15, -0.1) is 47.9 Å².